The van der Waals surface area contributed by atoms with Gasteiger partial charge in [0.15, 0.2) is 0 Å². The molecule has 2 aromatic carbocycles. The van der Waals surface area contributed by atoms with Crippen LogP contribution in [0.5, 0.6) is 0 Å². The van der Waals surface area contributed by atoms with Crippen molar-refractivity contribution in [2.45, 2.75) is 39.8 Å². The Bertz CT molecular complexity index is 602. The van der Waals surface area contributed by atoms with E-state index < -0.39 is 12.1 Å². The zero-order valence-electron chi connectivity index (χ0n) is 12.7. The molecule has 0 atom stereocenters. The lowest BCUT2D eigenvalue weighted by Crippen LogP contribution is -2.23. The highest BCUT2D eigenvalue weighted by atomic mass is 19.4. The van der Waals surface area contributed by atoms with Crippen molar-refractivity contribution < 1.29 is 13.2 Å². The third-order valence-corrected chi connectivity index (χ3v) is 3.80. The van der Waals surface area contributed by atoms with Gasteiger partial charge in [-0.15, -0.1) is 0 Å². The summed E-state index contributed by atoms with van der Waals surface area (Å²) in [6.45, 7) is 7.25. The van der Waals surface area contributed by atoms with Gasteiger partial charge in [-0.25, -0.2) is 0 Å². The van der Waals surface area contributed by atoms with E-state index in [4.69, 9.17) is 0 Å². The quantitative estimate of drug-likeness (QED) is 0.674. The Balaban J connectivity index is 2.64. The molecule has 0 radical (unpaired) electrons. The average Bonchev–Trinajstić information content (AvgIpc) is 2.33. The molecule has 3 heteroatoms. The predicted octanol–water partition coefficient (Wildman–Crippen LogP) is 5.61. The first-order valence-electron chi connectivity index (χ1n) is 6.91. The highest BCUT2D eigenvalue weighted by Crippen LogP contribution is 2.42. The lowest BCUT2D eigenvalue weighted by Gasteiger charge is -2.25. The summed E-state index contributed by atoms with van der Waals surface area (Å²) < 4.78 is 41.0. The number of aryl methyl sites for hydroxylation is 4. The molecular weight excluding hydrogens is 273 g/mol. The van der Waals surface area contributed by atoms with E-state index in [2.05, 4.69) is 0 Å². The minimum absolute atomic E-state index is 0.333. The molecule has 0 aliphatic rings. The third kappa shape index (κ3) is 3.29. The van der Waals surface area contributed by atoms with Crippen molar-refractivity contribution >= 4 is 0 Å². The summed E-state index contributed by atoms with van der Waals surface area (Å²) in [5.41, 5.74) is 3.96. The molecule has 0 saturated heterocycles. The molecule has 0 nitrogen and oxygen atoms in total. The summed E-state index contributed by atoms with van der Waals surface area (Å²) in [6.07, 6.45) is -4.31. The van der Waals surface area contributed by atoms with Gasteiger partial charge in [-0.05, 0) is 49.9 Å². The SMILES string of the molecule is Cc1ccc(C(c2ccc(C)cc2C)C(F)(F)F)c(C)c1. The Morgan fingerprint density at radius 2 is 1.10 bits per heavy atom. The lowest BCUT2D eigenvalue weighted by molar-refractivity contribution is -0.141. The van der Waals surface area contributed by atoms with Gasteiger partial charge in [0.1, 0.15) is 5.92 Å². The highest BCUT2D eigenvalue weighted by molar-refractivity contribution is 5.44. The zero-order valence-corrected chi connectivity index (χ0v) is 12.7. The fourth-order valence-electron chi connectivity index (χ4n) is 2.82. The average molecular weight is 292 g/mol. The molecule has 0 N–H and O–H groups in total. The van der Waals surface area contributed by atoms with E-state index in [0.29, 0.717) is 22.3 Å². The predicted molar refractivity (Wildman–Crippen MR) is 79.7 cm³/mol. The number of halogens is 3. The van der Waals surface area contributed by atoms with Gasteiger partial charge in [0.2, 0.25) is 0 Å². The maximum absolute atomic E-state index is 13.7. The third-order valence-electron chi connectivity index (χ3n) is 3.80. The second-order valence-corrected chi connectivity index (χ2v) is 5.69. The van der Waals surface area contributed by atoms with Crippen molar-refractivity contribution in [1.29, 1.82) is 0 Å². The van der Waals surface area contributed by atoms with Crippen molar-refractivity contribution in [2.24, 2.45) is 0 Å². The molecule has 0 unspecified atom stereocenters. The fourth-order valence-corrected chi connectivity index (χ4v) is 2.82. The smallest absolute Gasteiger partial charge is 0.170 e. The Morgan fingerprint density at radius 1 is 0.714 bits per heavy atom. The molecule has 112 valence electrons. The highest BCUT2D eigenvalue weighted by Gasteiger charge is 2.43. The fraction of sp³-hybridized carbons (Fsp3) is 0.333. The van der Waals surface area contributed by atoms with Gasteiger partial charge in [-0.3, -0.25) is 0 Å². The van der Waals surface area contributed by atoms with E-state index in [9.17, 15) is 13.2 Å². The van der Waals surface area contributed by atoms with E-state index in [1.165, 1.54) is 0 Å². The number of hydrogen-bond donors (Lipinski definition) is 0. The standard InChI is InChI=1S/C18H19F3/c1-11-5-7-15(13(3)9-11)17(18(19,20)21)16-8-6-12(2)10-14(16)4/h5-10,17H,1-4H3. The van der Waals surface area contributed by atoms with Crippen LogP contribution in [-0.2, 0) is 0 Å². The molecule has 0 aromatic heterocycles. The lowest BCUT2D eigenvalue weighted by atomic mass is 9.84. The van der Waals surface area contributed by atoms with E-state index >= 15 is 0 Å². The molecular formula is C18H19F3. The van der Waals surface area contributed by atoms with Crippen LogP contribution in [0.3, 0.4) is 0 Å². The molecule has 0 fully saturated rings. The van der Waals surface area contributed by atoms with E-state index in [0.717, 1.165) is 11.1 Å². The minimum atomic E-state index is -4.31. The van der Waals surface area contributed by atoms with Gasteiger partial charge in [-0.2, -0.15) is 13.2 Å². The van der Waals surface area contributed by atoms with Crippen LogP contribution in [0.2, 0.25) is 0 Å². The molecule has 0 saturated carbocycles. The Kier molecular flexibility index (Phi) is 4.13. The van der Waals surface area contributed by atoms with Crippen LogP contribution in [0.15, 0.2) is 36.4 Å². The number of hydrogen-bond acceptors (Lipinski definition) is 0. The molecule has 0 spiro atoms. The zero-order chi connectivity index (χ0) is 15.8. The van der Waals surface area contributed by atoms with Gasteiger partial charge >= 0.3 is 6.18 Å². The van der Waals surface area contributed by atoms with Gasteiger partial charge in [-0.1, -0.05) is 47.5 Å². The maximum atomic E-state index is 13.7. The molecule has 0 heterocycles. The van der Waals surface area contributed by atoms with Crippen LogP contribution < -0.4 is 0 Å². The number of alkyl halides is 3. The molecule has 0 amide bonds. The first-order chi connectivity index (χ1) is 9.70. The van der Waals surface area contributed by atoms with Crippen molar-refractivity contribution in [3.05, 3.63) is 69.8 Å². The van der Waals surface area contributed by atoms with E-state index in [-0.39, 0.29) is 0 Å². The molecule has 0 aliphatic carbocycles. The van der Waals surface area contributed by atoms with Crippen LogP contribution >= 0.6 is 0 Å². The maximum Gasteiger partial charge on any atom is 0.399 e. The van der Waals surface area contributed by atoms with Crippen LogP contribution in [0.4, 0.5) is 13.2 Å². The van der Waals surface area contributed by atoms with E-state index in [1.54, 1.807) is 50.2 Å². The second-order valence-electron chi connectivity index (χ2n) is 5.69. The van der Waals surface area contributed by atoms with Crippen molar-refractivity contribution in [3.8, 4) is 0 Å². The first-order valence-corrected chi connectivity index (χ1v) is 6.91. The largest absolute Gasteiger partial charge is 0.399 e. The van der Waals surface area contributed by atoms with Crippen molar-refractivity contribution in [3.63, 3.8) is 0 Å². The van der Waals surface area contributed by atoms with Gasteiger partial charge in [0, 0.05) is 0 Å². The first kappa shape index (κ1) is 15.6. The van der Waals surface area contributed by atoms with Crippen molar-refractivity contribution in [1.82, 2.24) is 0 Å². The molecule has 0 bridgehead atoms. The van der Waals surface area contributed by atoms with E-state index in [1.807, 2.05) is 13.8 Å². The van der Waals surface area contributed by atoms with Crippen LogP contribution in [0.25, 0.3) is 0 Å². The normalized spacial score (nSPS) is 12.0. The van der Waals surface area contributed by atoms with Crippen LogP contribution in [0.1, 0.15) is 39.3 Å². The summed E-state index contributed by atoms with van der Waals surface area (Å²) in [6, 6.07) is 10.3. The molecule has 0 aliphatic heterocycles. The van der Waals surface area contributed by atoms with Gasteiger partial charge in [0.05, 0.1) is 0 Å². The minimum Gasteiger partial charge on any atom is -0.170 e. The number of rotatable bonds is 2. The Morgan fingerprint density at radius 3 is 1.38 bits per heavy atom. The molecule has 21 heavy (non-hydrogen) atoms. The van der Waals surface area contributed by atoms with Gasteiger partial charge < -0.3 is 0 Å². The van der Waals surface area contributed by atoms with Crippen LogP contribution in [0, 0.1) is 27.7 Å². The second kappa shape index (κ2) is 5.55. The Labute approximate surface area is 123 Å². The topological polar surface area (TPSA) is 0 Å². The number of benzene rings is 2. The summed E-state index contributed by atoms with van der Waals surface area (Å²) in [5.74, 6) is -1.57. The summed E-state index contributed by atoms with van der Waals surface area (Å²) in [5, 5.41) is 0. The summed E-state index contributed by atoms with van der Waals surface area (Å²) >= 11 is 0. The summed E-state index contributed by atoms with van der Waals surface area (Å²) in [7, 11) is 0. The van der Waals surface area contributed by atoms with Gasteiger partial charge in [0.25, 0.3) is 0 Å². The molecule has 2 aromatic rings. The van der Waals surface area contributed by atoms with Crippen molar-refractivity contribution in [2.75, 3.05) is 0 Å². The Hall–Kier alpha value is -1.77. The molecule has 2 rings (SSSR count). The summed E-state index contributed by atoms with van der Waals surface area (Å²) in [4.78, 5) is 0. The monoisotopic (exact) mass is 292 g/mol. The van der Waals surface area contributed by atoms with Crippen LogP contribution in [-0.4, -0.2) is 6.18 Å².